The zero-order valence-corrected chi connectivity index (χ0v) is 9.57. The molecule has 106 valence electrons. The minimum atomic E-state index is -2.57. The predicted octanol–water partition coefficient (Wildman–Crippen LogP) is -0.597. The summed E-state index contributed by atoms with van der Waals surface area (Å²) in [5.41, 5.74) is 0. The number of hydrogen-bond acceptors (Lipinski definition) is 4. The Bertz CT molecular complexity index is 265. The molecule has 0 bridgehead atoms. The summed E-state index contributed by atoms with van der Waals surface area (Å²) in [6.45, 7) is -1.22. The smallest absolute Gasteiger partial charge is 0.326 e. The zero-order valence-electron chi connectivity index (χ0n) is 9.57. The summed E-state index contributed by atoms with van der Waals surface area (Å²) in [6, 6.07) is -1.96. The fourth-order valence-corrected chi connectivity index (χ4v) is 1.00. The maximum Gasteiger partial charge on any atom is 0.326 e. The Labute approximate surface area is 102 Å². The van der Waals surface area contributed by atoms with E-state index in [1.54, 1.807) is 0 Å². The predicted molar refractivity (Wildman–Crippen MR) is 56.5 cm³/mol. The van der Waals surface area contributed by atoms with Crippen LogP contribution in [0.4, 0.5) is 13.6 Å². The largest absolute Gasteiger partial charge is 0.480 e. The quantitative estimate of drug-likeness (QED) is 0.419. The van der Waals surface area contributed by atoms with Crippen molar-refractivity contribution in [3.63, 3.8) is 0 Å². The van der Waals surface area contributed by atoms with Gasteiger partial charge in [0.1, 0.15) is 12.6 Å². The molecule has 0 saturated heterocycles. The highest BCUT2D eigenvalue weighted by atomic mass is 19.3. The third-order valence-electron chi connectivity index (χ3n) is 1.80. The highest BCUT2D eigenvalue weighted by Crippen LogP contribution is 1.92. The second-order valence-electron chi connectivity index (χ2n) is 3.27. The molecule has 0 fully saturated rings. The van der Waals surface area contributed by atoms with Gasteiger partial charge < -0.3 is 25.6 Å². The fourth-order valence-electron chi connectivity index (χ4n) is 1.00. The number of hydrogen-bond donors (Lipinski definition) is 4. The SMILES string of the molecule is O=C(NCCOCC(F)F)N[C@H](CCO)C(=O)O. The van der Waals surface area contributed by atoms with Crippen molar-refractivity contribution < 1.29 is 33.3 Å². The van der Waals surface area contributed by atoms with E-state index in [1.165, 1.54) is 0 Å². The van der Waals surface area contributed by atoms with Gasteiger partial charge in [-0.1, -0.05) is 0 Å². The number of ether oxygens (including phenoxy) is 1. The van der Waals surface area contributed by atoms with Gasteiger partial charge in [-0.2, -0.15) is 0 Å². The molecule has 0 aliphatic rings. The number of carbonyl (C=O) groups is 2. The van der Waals surface area contributed by atoms with Crippen LogP contribution in [-0.4, -0.2) is 61.0 Å². The minimum Gasteiger partial charge on any atom is -0.480 e. The fraction of sp³-hybridized carbons (Fsp3) is 0.778. The van der Waals surface area contributed by atoms with E-state index in [-0.39, 0.29) is 26.2 Å². The molecule has 0 heterocycles. The lowest BCUT2D eigenvalue weighted by atomic mass is 10.2. The molecule has 1 atom stereocenters. The molecule has 2 amide bonds. The summed E-state index contributed by atoms with van der Waals surface area (Å²) >= 11 is 0. The molecular weight excluding hydrogens is 254 g/mol. The summed E-state index contributed by atoms with van der Waals surface area (Å²) in [7, 11) is 0. The third-order valence-corrected chi connectivity index (χ3v) is 1.80. The van der Waals surface area contributed by atoms with Crippen molar-refractivity contribution in [3.05, 3.63) is 0 Å². The number of aliphatic hydroxyl groups is 1. The molecular formula is C9H16F2N2O5. The Kier molecular flexibility index (Phi) is 8.76. The highest BCUT2D eigenvalue weighted by Gasteiger charge is 2.18. The van der Waals surface area contributed by atoms with Gasteiger partial charge in [-0.25, -0.2) is 18.4 Å². The van der Waals surface area contributed by atoms with Crippen LogP contribution < -0.4 is 10.6 Å². The minimum absolute atomic E-state index is 0.0238. The summed E-state index contributed by atoms with van der Waals surface area (Å²) in [4.78, 5) is 21.8. The van der Waals surface area contributed by atoms with Gasteiger partial charge in [0, 0.05) is 19.6 Å². The van der Waals surface area contributed by atoms with E-state index in [4.69, 9.17) is 10.2 Å². The third kappa shape index (κ3) is 8.65. The molecule has 0 aromatic heterocycles. The molecule has 0 aliphatic heterocycles. The Balaban J connectivity index is 3.71. The summed E-state index contributed by atoms with van der Waals surface area (Å²) in [5.74, 6) is -1.27. The van der Waals surface area contributed by atoms with Crippen molar-refractivity contribution in [2.24, 2.45) is 0 Å². The molecule has 0 unspecified atom stereocenters. The van der Waals surface area contributed by atoms with E-state index in [2.05, 4.69) is 15.4 Å². The van der Waals surface area contributed by atoms with Crippen LogP contribution in [0.5, 0.6) is 0 Å². The molecule has 0 aliphatic carbocycles. The highest BCUT2D eigenvalue weighted by molar-refractivity contribution is 5.82. The lowest BCUT2D eigenvalue weighted by Crippen LogP contribution is -2.47. The molecule has 0 spiro atoms. The summed E-state index contributed by atoms with van der Waals surface area (Å²) < 4.78 is 27.8. The first kappa shape index (κ1) is 16.5. The van der Waals surface area contributed by atoms with Crippen molar-refractivity contribution in [1.29, 1.82) is 0 Å². The van der Waals surface area contributed by atoms with Crippen LogP contribution in [0.3, 0.4) is 0 Å². The van der Waals surface area contributed by atoms with Crippen LogP contribution in [0, 0.1) is 0 Å². The number of amides is 2. The van der Waals surface area contributed by atoms with Gasteiger partial charge >= 0.3 is 12.0 Å². The van der Waals surface area contributed by atoms with Gasteiger partial charge in [0.2, 0.25) is 0 Å². The van der Waals surface area contributed by atoms with Crippen LogP contribution in [-0.2, 0) is 9.53 Å². The topological polar surface area (TPSA) is 108 Å². The van der Waals surface area contributed by atoms with Gasteiger partial charge in [0.05, 0.1) is 6.61 Å². The monoisotopic (exact) mass is 270 g/mol. The normalized spacial score (nSPS) is 12.2. The second-order valence-corrected chi connectivity index (χ2v) is 3.27. The molecule has 0 aromatic rings. The van der Waals surface area contributed by atoms with Gasteiger partial charge in [-0.15, -0.1) is 0 Å². The summed E-state index contributed by atoms with van der Waals surface area (Å²) in [5, 5.41) is 21.6. The first-order chi connectivity index (χ1) is 8.47. The molecule has 18 heavy (non-hydrogen) atoms. The number of aliphatic hydroxyl groups excluding tert-OH is 1. The van der Waals surface area contributed by atoms with Gasteiger partial charge in [-0.05, 0) is 0 Å². The van der Waals surface area contributed by atoms with Crippen LogP contribution in [0.15, 0.2) is 0 Å². The number of rotatable bonds is 9. The lowest BCUT2D eigenvalue weighted by molar-refractivity contribution is -0.139. The Morgan fingerprint density at radius 3 is 2.50 bits per heavy atom. The Hall–Kier alpha value is -1.48. The van der Waals surface area contributed by atoms with Crippen LogP contribution in [0.1, 0.15) is 6.42 Å². The molecule has 9 heteroatoms. The average Bonchev–Trinajstić information content (AvgIpc) is 2.27. The lowest BCUT2D eigenvalue weighted by Gasteiger charge is -2.13. The number of alkyl halides is 2. The number of nitrogens with one attached hydrogen (secondary N) is 2. The zero-order chi connectivity index (χ0) is 14.0. The maximum atomic E-state index is 11.7. The number of halogens is 2. The van der Waals surface area contributed by atoms with Crippen LogP contribution >= 0.6 is 0 Å². The Morgan fingerprint density at radius 1 is 1.33 bits per heavy atom. The average molecular weight is 270 g/mol. The number of carbonyl (C=O) groups excluding carboxylic acids is 1. The van der Waals surface area contributed by atoms with Crippen molar-refractivity contribution >= 4 is 12.0 Å². The van der Waals surface area contributed by atoms with Gasteiger partial charge in [0.15, 0.2) is 0 Å². The van der Waals surface area contributed by atoms with E-state index in [0.29, 0.717) is 0 Å². The van der Waals surface area contributed by atoms with Crippen LogP contribution in [0.25, 0.3) is 0 Å². The molecule has 0 rings (SSSR count). The standard InChI is InChI=1S/C9H16F2N2O5/c10-7(11)5-18-4-2-12-9(17)13-6(1-3-14)8(15)16/h6-7,14H,1-5H2,(H,15,16)(H2,12,13,17)/t6-/m1/s1. The van der Waals surface area contributed by atoms with Gasteiger partial charge in [-0.3, -0.25) is 0 Å². The van der Waals surface area contributed by atoms with E-state index in [9.17, 15) is 18.4 Å². The molecule has 0 radical (unpaired) electrons. The van der Waals surface area contributed by atoms with E-state index < -0.39 is 31.1 Å². The number of carboxylic acids is 1. The first-order valence-corrected chi connectivity index (χ1v) is 5.21. The number of urea groups is 1. The van der Waals surface area contributed by atoms with Crippen molar-refractivity contribution in [2.75, 3.05) is 26.4 Å². The maximum absolute atomic E-state index is 11.7. The van der Waals surface area contributed by atoms with E-state index in [0.717, 1.165) is 0 Å². The van der Waals surface area contributed by atoms with Crippen LogP contribution in [0.2, 0.25) is 0 Å². The van der Waals surface area contributed by atoms with Crippen molar-refractivity contribution in [1.82, 2.24) is 10.6 Å². The first-order valence-electron chi connectivity index (χ1n) is 5.21. The molecule has 0 aromatic carbocycles. The van der Waals surface area contributed by atoms with E-state index >= 15 is 0 Å². The van der Waals surface area contributed by atoms with Gasteiger partial charge in [0.25, 0.3) is 6.43 Å². The second kappa shape index (κ2) is 9.54. The molecule has 4 N–H and O–H groups in total. The molecule has 0 saturated carbocycles. The van der Waals surface area contributed by atoms with Crippen molar-refractivity contribution in [3.8, 4) is 0 Å². The van der Waals surface area contributed by atoms with E-state index in [1.807, 2.05) is 0 Å². The van der Waals surface area contributed by atoms with Crippen molar-refractivity contribution in [2.45, 2.75) is 18.9 Å². The molecule has 7 nitrogen and oxygen atoms in total. The number of aliphatic carboxylic acids is 1. The number of carboxylic acid groups (broad SMARTS) is 1. The Morgan fingerprint density at radius 2 is 2.00 bits per heavy atom. The summed E-state index contributed by atoms with van der Waals surface area (Å²) in [6.07, 6.45) is -2.69.